The molecule has 3 aromatic rings. The predicted molar refractivity (Wildman–Crippen MR) is 117 cm³/mol. The second-order valence-electron chi connectivity index (χ2n) is 6.84. The fraction of sp³-hybridized carbons (Fsp3) is 0.333. The van der Waals surface area contributed by atoms with Gasteiger partial charge in [-0.1, -0.05) is 68.4 Å². The Morgan fingerprint density at radius 1 is 0.821 bits per heavy atom. The first-order valence-electron chi connectivity index (χ1n) is 10.1. The van der Waals surface area contributed by atoms with Crippen LogP contribution in [0.5, 0.6) is 0 Å². The number of fused-ring (bicyclic) bond motifs is 1. The van der Waals surface area contributed by atoms with E-state index in [0.29, 0.717) is 12.1 Å². The highest BCUT2D eigenvalue weighted by molar-refractivity contribution is 6.09. The normalized spacial score (nSPS) is 11.1. The van der Waals surface area contributed by atoms with Gasteiger partial charge in [0.25, 0.3) is 5.91 Å². The lowest BCUT2D eigenvalue weighted by molar-refractivity contribution is 0.0748. The largest absolute Gasteiger partial charge is 0.338 e. The number of hydrogen-bond donors (Lipinski definition) is 0. The molecule has 1 amide bonds. The molecule has 0 N–H and O–H groups in total. The molecule has 0 aliphatic rings. The molecule has 0 saturated carbocycles. The third-order valence-electron chi connectivity index (χ3n) is 5.32. The number of hydrogen-bond acceptors (Lipinski definition) is 3. The van der Waals surface area contributed by atoms with Gasteiger partial charge in [0.2, 0.25) is 0 Å². The van der Waals surface area contributed by atoms with Crippen LogP contribution in [0.4, 0.5) is 0 Å². The molecule has 0 radical (unpaired) electrons. The van der Waals surface area contributed by atoms with Crippen molar-refractivity contribution in [3.8, 4) is 11.3 Å². The molecule has 0 spiro atoms. The highest BCUT2D eigenvalue weighted by Gasteiger charge is 2.19. The molecule has 0 aliphatic heterocycles. The Morgan fingerprint density at radius 3 is 2.11 bits per heavy atom. The number of pyridine rings is 1. The minimum atomic E-state index is 0.0537. The number of benzene rings is 2. The van der Waals surface area contributed by atoms with Crippen LogP contribution in [0, 0.1) is 0 Å². The Labute approximate surface area is 167 Å². The van der Waals surface area contributed by atoms with Crippen LogP contribution < -0.4 is 0 Å². The maximum Gasteiger partial charge on any atom is 0.256 e. The van der Waals surface area contributed by atoms with Gasteiger partial charge in [-0.05, 0) is 25.4 Å². The molecule has 0 saturated heterocycles. The molecule has 1 aromatic heterocycles. The molecule has 0 bridgehead atoms. The summed E-state index contributed by atoms with van der Waals surface area (Å²) in [6.45, 7) is 10.6. The molecule has 4 heteroatoms. The lowest BCUT2D eigenvalue weighted by atomic mass is 10.00. The standard InChI is InChI=1S/C24H29N3O/c1-4-26(5-2)16-17-27(6-3)24(28)22-18-25-23(19-12-8-7-9-13-19)21-15-11-10-14-20(21)22/h7-15,18H,4-6,16-17H2,1-3H3. The van der Waals surface area contributed by atoms with E-state index in [9.17, 15) is 4.79 Å². The summed E-state index contributed by atoms with van der Waals surface area (Å²) < 4.78 is 0. The summed E-state index contributed by atoms with van der Waals surface area (Å²) in [6, 6.07) is 18.2. The SMILES string of the molecule is CCN(CC)CCN(CC)C(=O)c1cnc(-c2ccccc2)c2ccccc12. The Morgan fingerprint density at radius 2 is 1.46 bits per heavy atom. The van der Waals surface area contributed by atoms with Crippen molar-refractivity contribution in [3.63, 3.8) is 0 Å². The first-order valence-corrected chi connectivity index (χ1v) is 10.1. The van der Waals surface area contributed by atoms with Crippen molar-refractivity contribution in [3.05, 3.63) is 66.4 Å². The van der Waals surface area contributed by atoms with Gasteiger partial charge in [-0.15, -0.1) is 0 Å². The third-order valence-corrected chi connectivity index (χ3v) is 5.32. The van der Waals surface area contributed by atoms with Gasteiger partial charge in [0.15, 0.2) is 0 Å². The summed E-state index contributed by atoms with van der Waals surface area (Å²) in [6.07, 6.45) is 1.74. The molecule has 0 aliphatic carbocycles. The minimum absolute atomic E-state index is 0.0537. The summed E-state index contributed by atoms with van der Waals surface area (Å²) in [4.78, 5) is 22.2. The molecular weight excluding hydrogens is 346 g/mol. The minimum Gasteiger partial charge on any atom is -0.338 e. The molecular formula is C24H29N3O. The molecule has 3 rings (SSSR count). The van der Waals surface area contributed by atoms with Crippen LogP contribution in [-0.2, 0) is 0 Å². The van der Waals surface area contributed by atoms with E-state index in [0.717, 1.165) is 48.2 Å². The number of likely N-dealkylation sites (N-methyl/N-ethyl adjacent to an activating group) is 2. The zero-order valence-electron chi connectivity index (χ0n) is 17.1. The summed E-state index contributed by atoms with van der Waals surface area (Å²) in [5.74, 6) is 0.0537. The van der Waals surface area contributed by atoms with Crippen LogP contribution in [0.3, 0.4) is 0 Å². The molecule has 28 heavy (non-hydrogen) atoms. The number of carbonyl (C=O) groups is 1. The van der Waals surface area contributed by atoms with Gasteiger partial charge in [-0.25, -0.2) is 0 Å². The van der Waals surface area contributed by atoms with Crippen molar-refractivity contribution < 1.29 is 4.79 Å². The number of nitrogens with zero attached hydrogens (tertiary/aromatic N) is 3. The average molecular weight is 376 g/mol. The van der Waals surface area contributed by atoms with Crippen LogP contribution in [0.25, 0.3) is 22.0 Å². The fourth-order valence-electron chi connectivity index (χ4n) is 3.56. The Hall–Kier alpha value is -2.72. The topological polar surface area (TPSA) is 36.4 Å². The Kier molecular flexibility index (Phi) is 6.77. The van der Waals surface area contributed by atoms with E-state index in [4.69, 9.17) is 0 Å². The first-order chi connectivity index (χ1) is 13.7. The number of carbonyl (C=O) groups excluding carboxylic acids is 1. The van der Waals surface area contributed by atoms with E-state index in [-0.39, 0.29) is 5.91 Å². The van der Waals surface area contributed by atoms with Crippen LogP contribution in [0.2, 0.25) is 0 Å². The maximum atomic E-state index is 13.3. The van der Waals surface area contributed by atoms with E-state index < -0.39 is 0 Å². The van der Waals surface area contributed by atoms with Crippen molar-refractivity contribution >= 4 is 16.7 Å². The number of rotatable bonds is 8. The lowest BCUT2D eigenvalue weighted by Gasteiger charge is -2.26. The molecule has 4 nitrogen and oxygen atoms in total. The molecule has 0 fully saturated rings. The highest BCUT2D eigenvalue weighted by atomic mass is 16.2. The van der Waals surface area contributed by atoms with Gasteiger partial charge < -0.3 is 9.80 Å². The monoisotopic (exact) mass is 375 g/mol. The van der Waals surface area contributed by atoms with Gasteiger partial charge in [-0.2, -0.15) is 0 Å². The molecule has 0 unspecified atom stereocenters. The zero-order chi connectivity index (χ0) is 19.9. The quantitative estimate of drug-likeness (QED) is 0.572. The average Bonchev–Trinajstić information content (AvgIpc) is 2.76. The Balaban J connectivity index is 1.96. The molecule has 2 aromatic carbocycles. The second kappa shape index (κ2) is 9.47. The van der Waals surface area contributed by atoms with Crippen molar-refractivity contribution in [2.45, 2.75) is 20.8 Å². The number of aromatic nitrogens is 1. The molecule has 0 atom stereocenters. The Bertz CT molecular complexity index is 920. The predicted octanol–water partition coefficient (Wildman–Crippen LogP) is 4.71. The van der Waals surface area contributed by atoms with Crippen molar-refractivity contribution in [2.24, 2.45) is 0 Å². The summed E-state index contributed by atoms with van der Waals surface area (Å²) >= 11 is 0. The van der Waals surface area contributed by atoms with E-state index in [2.05, 4.69) is 35.9 Å². The van der Waals surface area contributed by atoms with Crippen LogP contribution in [0.15, 0.2) is 60.8 Å². The summed E-state index contributed by atoms with van der Waals surface area (Å²) in [5.41, 5.74) is 2.65. The summed E-state index contributed by atoms with van der Waals surface area (Å²) in [5, 5.41) is 1.97. The van der Waals surface area contributed by atoms with E-state index >= 15 is 0 Å². The third kappa shape index (κ3) is 4.23. The fourth-order valence-corrected chi connectivity index (χ4v) is 3.56. The van der Waals surface area contributed by atoms with E-state index in [1.807, 2.05) is 54.3 Å². The van der Waals surface area contributed by atoms with Gasteiger partial charge in [-0.3, -0.25) is 9.78 Å². The van der Waals surface area contributed by atoms with Crippen LogP contribution in [0.1, 0.15) is 31.1 Å². The smallest absolute Gasteiger partial charge is 0.256 e. The zero-order valence-corrected chi connectivity index (χ0v) is 17.1. The van der Waals surface area contributed by atoms with Crippen molar-refractivity contribution in [2.75, 3.05) is 32.7 Å². The lowest BCUT2D eigenvalue weighted by Crippen LogP contribution is -2.38. The molecule has 146 valence electrons. The van der Waals surface area contributed by atoms with Crippen LogP contribution in [-0.4, -0.2) is 53.4 Å². The van der Waals surface area contributed by atoms with Crippen molar-refractivity contribution in [1.82, 2.24) is 14.8 Å². The van der Waals surface area contributed by atoms with Gasteiger partial charge >= 0.3 is 0 Å². The van der Waals surface area contributed by atoms with Crippen LogP contribution >= 0.6 is 0 Å². The van der Waals surface area contributed by atoms with Gasteiger partial charge in [0.05, 0.1) is 11.3 Å². The maximum absolute atomic E-state index is 13.3. The highest BCUT2D eigenvalue weighted by Crippen LogP contribution is 2.29. The van der Waals surface area contributed by atoms with Gasteiger partial charge in [0, 0.05) is 36.8 Å². The van der Waals surface area contributed by atoms with Crippen molar-refractivity contribution in [1.29, 1.82) is 0 Å². The molecule has 1 heterocycles. The second-order valence-corrected chi connectivity index (χ2v) is 6.84. The first kappa shape index (κ1) is 20.0. The van der Waals surface area contributed by atoms with Gasteiger partial charge in [0.1, 0.15) is 0 Å². The number of amides is 1. The van der Waals surface area contributed by atoms with E-state index in [1.54, 1.807) is 6.20 Å². The summed E-state index contributed by atoms with van der Waals surface area (Å²) in [7, 11) is 0. The van der Waals surface area contributed by atoms with E-state index in [1.165, 1.54) is 0 Å².